The van der Waals surface area contributed by atoms with Crippen molar-refractivity contribution in [1.29, 1.82) is 0 Å². The fraction of sp³-hybridized carbons (Fsp3) is 0.647. The Kier molecular flexibility index (Phi) is 4.33. The van der Waals surface area contributed by atoms with Crippen molar-refractivity contribution in [2.75, 3.05) is 5.88 Å². The van der Waals surface area contributed by atoms with Crippen LogP contribution in [0.2, 0.25) is 0 Å². The molecule has 0 amide bonds. The van der Waals surface area contributed by atoms with Crippen LogP contribution in [0.3, 0.4) is 0 Å². The van der Waals surface area contributed by atoms with Gasteiger partial charge < -0.3 is 4.98 Å². The molecule has 0 aromatic carbocycles. The van der Waals surface area contributed by atoms with E-state index in [-0.39, 0.29) is 47.9 Å². The van der Waals surface area contributed by atoms with Gasteiger partial charge in [0.25, 0.3) is 5.56 Å². The molecule has 0 unspecified atom stereocenters. The molecule has 4 rings (SSSR count). The van der Waals surface area contributed by atoms with Gasteiger partial charge in [0, 0.05) is 24.7 Å². The van der Waals surface area contributed by atoms with Gasteiger partial charge in [-0.3, -0.25) is 9.59 Å². The van der Waals surface area contributed by atoms with Gasteiger partial charge >= 0.3 is 0 Å². The van der Waals surface area contributed by atoms with Crippen molar-refractivity contribution in [3.8, 4) is 0 Å². The monoisotopic (exact) mass is 384 g/mol. The molecule has 1 N–H and O–H groups in total. The van der Waals surface area contributed by atoms with Crippen LogP contribution in [0.4, 0.5) is 8.78 Å². The van der Waals surface area contributed by atoms with Gasteiger partial charge in [-0.15, -0.1) is 11.6 Å². The molecule has 0 saturated heterocycles. The lowest BCUT2D eigenvalue weighted by atomic mass is 9.71. The molecule has 140 valence electrons. The molecule has 9 heteroatoms. The molecule has 2 atom stereocenters. The Labute approximate surface area is 152 Å². The Morgan fingerprint density at radius 1 is 1.31 bits per heavy atom. The molecule has 2 aliphatic carbocycles. The molecule has 2 aromatic heterocycles. The number of alkyl halides is 3. The van der Waals surface area contributed by atoms with Crippen molar-refractivity contribution >= 4 is 28.4 Å². The van der Waals surface area contributed by atoms with E-state index in [4.69, 9.17) is 11.6 Å². The van der Waals surface area contributed by atoms with Crippen LogP contribution < -0.4 is 5.56 Å². The van der Waals surface area contributed by atoms with Gasteiger partial charge in [0.15, 0.2) is 11.4 Å². The van der Waals surface area contributed by atoms with Crippen molar-refractivity contribution in [3.05, 3.63) is 22.4 Å². The van der Waals surface area contributed by atoms with E-state index in [1.165, 1.54) is 6.20 Å². The van der Waals surface area contributed by atoms with E-state index < -0.39 is 5.92 Å². The number of hydrogen-bond acceptors (Lipinski definition) is 4. The second-order valence-corrected chi connectivity index (χ2v) is 7.52. The largest absolute Gasteiger partial charge is 0.310 e. The molecule has 2 heterocycles. The van der Waals surface area contributed by atoms with E-state index >= 15 is 0 Å². The molecule has 2 aromatic rings. The smallest absolute Gasteiger partial charge is 0.262 e. The molecule has 0 aliphatic heterocycles. The normalized spacial score (nSPS) is 26.0. The number of aromatic amines is 1. The molecule has 0 spiro atoms. The zero-order valence-electron chi connectivity index (χ0n) is 14.1. The summed E-state index contributed by atoms with van der Waals surface area (Å²) >= 11 is 5.65. The Balaban J connectivity index is 1.68. The van der Waals surface area contributed by atoms with Crippen LogP contribution in [0.25, 0.3) is 11.0 Å². The molecular formula is C17H19ClF2N4O2. The second-order valence-electron chi connectivity index (χ2n) is 7.25. The number of fused-ring (bicyclic) bond motifs is 1. The summed E-state index contributed by atoms with van der Waals surface area (Å²) in [5.41, 5.74) is 0.0873. The zero-order chi connectivity index (χ0) is 18.5. The molecule has 2 fully saturated rings. The lowest BCUT2D eigenvalue weighted by molar-refractivity contribution is -0.123. The van der Waals surface area contributed by atoms with E-state index in [0.29, 0.717) is 29.7 Å². The third-order valence-corrected chi connectivity index (χ3v) is 5.95. The van der Waals surface area contributed by atoms with E-state index in [2.05, 4.69) is 15.1 Å². The summed E-state index contributed by atoms with van der Waals surface area (Å²) in [6.07, 6.45) is 3.13. The van der Waals surface area contributed by atoms with Gasteiger partial charge in [-0.05, 0) is 25.7 Å². The van der Waals surface area contributed by atoms with Crippen LogP contribution in [-0.4, -0.2) is 37.3 Å². The maximum Gasteiger partial charge on any atom is 0.262 e. The van der Waals surface area contributed by atoms with Gasteiger partial charge in [0.05, 0.1) is 18.1 Å². The summed E-state index contributed by atoms with van der Waals surface area (Å²) in [6.45, 7) is 0. The van der Waals surface area contributed by atoms with E-state index in [0.717, 1.165) is 12.8 Å². The standard InChI is InChI=1S/C17H19ClF2N4O2/c18-7-13(25)10-1-2-11(10)14-22-15-12(16(26)23-14)8-21-24(15)9-3-5-17(19,20)6-4-9/h8-11H,1-7H2,(H,22,23,26)/t10-,11-/m1/s1. The van der Waals surface area contributed by atoms with Crippen LogP contribution in [0, 0.1) is 5.92 Å². The summed E-state index contributed by atoms with van der Waals surface area (Å²) < 4.78 is 28.5. The first kappa shape index (κ1) is 17.6. The predicted molar refractivity (Wildman–Crippen MR) is 91.8 cm³/mol. The molecule has 0 bridgehead atoms. The SMILES string of the molecule is O=C(CCl)[C@@H]1CC[C@H]1c1nc2c(cnn2C2CCC(F)(F)CC2)c(=O)[nH]1. The summed E-state index contributed by atoms with van der Waals surface area (Å²) in [6, 6.07) is -0.198. The fourth-order valence-corrected chi connectivity index (χ4v) is 4.18. The minimum absolute atomic E-state index is 0.0475. The van der Waals surface area contributed by atoms with E-state index in [1.54, 1.807) is 4.68 Å². The van der Waals surface area contributed by atoms with E-state index in [1.807, 2.05) is 0 Å². The highest BCUT2D eigenvalue weighted by molar-refractivity contribution is 6.28. The van der Waals surface area contributed by atoms with Crippen LogP contribution >= 0.6 is 11.6 Å². The average molecular weight is 385 g/mol. The fourth-order valence-electron chi connectivity index (χ4n) is 3.98. The molecule has 0 radical (unpaired) electrons. The zero-order valence-corrected chi connectivity index (χ0v) is 14.8. The number of ketones is 1. The minimum atomic E-state index is -2.63. The Hall–Kier alpha value is -1.83. The average Bonchev–Trinajstić information content (AvgIpc) is 2.98. The predicted octanol–water partition coefficient (Wildman–Crippen LogP) is 3.17. The summed E-state index contributed by atoms with van der Waals surface area (Å²) in [4.78, 5) is 31.6. The van der Waals surface area contributed by atoms with E-state index in [9.17, 15) is 18.4 Å². The number of hydrogen-bond donors (Lipinski definition) is 1. The Morgan fingerprint density at radius 2 is 2.04 bits per heavy atom. The molecule has 26 heavy (non-hydrogen) atoms. The van der Waals surface area contributed by atoms with Crippen LogP contribution in [0.5, 0.6) is 0 Å². The quantitative estimate of drug-likeness (QED) is 0.821. The number of nitrogens with zero attached hydrogens (tertiary/aromatic N) is 3. The van der Waals surface area contributed by atoms with Gasteiger partial charge in [-0.2, -0.15) is 5.10 Å². The van der Waals surface area contributed by atoms with Crippen molar-refractivity contribution in [1.82, 2.24) is 19.7 Å². The highest BCUT2D eigenvalue weighted by atomic mass is 35.5. The second kappa shape index (κ2) is 6.40. The first-order valence-electron chi connectivity index (χ1n) is 8.83. The van der Waals surface area contributed by atoms with Crippen molar-refractivity contribution in [2.45, 2.75) is 56.4 Å². The van der Waals surface area contributed by atoms with Crippen LogP contribution in [0.15, 0.2) is 11.0 Å². The van der Waals surface area contributed by atoms with Gasteiger partial charge in [0.1, 0.15) is 11.2 Å². The molecule has 6 nitrogen and oxygen atoms in total. The number of H-pyrrole nitrogens is 1. The summed E-state index contributed by atoms with van der Waals surface area (Å²) in [7, 11) is 0. The lowest BCUT2D eigenvalue weighted by Crippen LogP contribution is -2.34. The number of halogens is 3. The van der Waals surface area contributed by atoms with Crippen molar-refractivity contribution in [3.63, 3.8) is 0 Å². The highest BCUT2D eigenvalue weighted by Gasteiger charge is 2.39. The lowest BCUT2D eigenvalue weighted by Gasteiger charge is -2.34. The van der Waals surface area contributed by atoms with Crippen LogP contribution in [0.1, 0.15) is 56.3 Å². The minimum Gasteiger partial charge on any atom is -0.310 e. The Morgan fingerprint density at radius 3 is 2.65 bits per heavy atom. The topological polar surface area (TPSA) is 80.6 Å². The Bertz CT molecular complexity index is 900. The first-order valence-corrected chi connectivity index (χ1v) is 9.37. The number of carbonyl (C=O) groups excluding carboxylic acids is 1. The van der Waals surface area contributed by atoms with Crippen molar-refractivity contribution < 1.29 is 13.6 Å². The molecular weight excluding hydrogens is 366 g/mol. The summed E-state index contributed by atoms with van der Waals surface area (Å²) in [5, 5.41) is 4.58. The maximum absolute atomic E-state index is 13.4. The molecule has 2 aliphatic rings. The summed E-state index contributed by atoms with van der Waals surface area (Å²) in [5.74, 6) is -2.65. The molecule has 2 saturated carbocycles. The third-order valence-electron chi connectivity index (χ3n) is 5.69. The number of Topliss-reactive ketones (excluding diaryl/α,β-unsaturated/α-hetero) is 1. The number of nitrogens with one attached hydrogen (secondary N) is 1. The number of carbonyl (C=O) groups is 1. The van der Waals surface area contributed by atoms with Crippen LogP contribution in [-0.2, 0) is 4.79 Å². The van der Waals surface area contributed by atoms with Gasteiger partial charge in [0.2, 0.25) is 5.92 Å². The maximum atomic E-state index is 13.4. The van der Waals surface area contributed by atoms with Crippen molar-refractivity contribution in [2.24, 2.45) is 5.92 Å². The first-order chi connectivity index (χ1) is 12.4. The van der Waals surface area contributed by atoms with Gasteiger partial charge in [-0.25, -0.2) is 18.4 Å². The van der Waals surface area contributed by atoms with Gasteiger partial charge in [-0.1, -0.05) is 0 Å². The number of aromatic nitrogens is 4. The highest BCUT2D eigenvalue weighted by Crippen LogP contribution is 2.42. The number of rotatable bonds is 4. The third kappa shape index (κ3) is 2.94.